The second kappa shape index (κ2) is 8.93. The molecule has 0 saturated carbocycles. The number of hydrogen-bond donors (Lipinski definition) is 1. The number of amides is 1. The Bertz CT molecular complexity index is 1190. The van der Waals surface area contributed by atoms with Crippen LogP contribution in [0.2, 0.25) is 0 Å². The molecule has 0 atom stereocenters. The molecular formula is C21H22F4N6O2. The number of morpholine rings is 1. The molecule has 4 rings (SSSR count). The number of nitrogens with zero attached hydrogens (tertiary/aromatic N) is 5. The second-order valence-corrected chi connectivity index (χ2v) is 7.72. The van der Waals surface area contributed by atoms with E-state index in [0.717, 1.165) is 4.52 Å². The van der Waals surface area contributed by atoms with Crippen LogP contribution < -0.4 is 10.2 Å². The highest BCUT2D eigenvalue weighted by Crippen LogP contribution is 2.27. The smallest absolute Gasteiger partial charge is 0.378 e. The van der Waals surface area contributed by atoms with Crippen LogP contribution in [0.1, 0.15) is 29.2 Å². The number of anilines is 2. The molecule has 3 heterocycles. The number of fused-ring (bicyclic) bond motifs is 1. The molecule has 0 aliphatic carbocycles. The largest absolute Gasteiger partial charge is 0.453 e. The maximum Gasteiger partial charge on any atom is 0.453 e. The van der Waals surface area contributed by atoms with Gasteiger partial charge in [-0.1, -0.05) is 0 Å². The Labute approximate surface area is 186 Å². The van der Waals surface area contributed by atoms with Crippen LogP contribution >= 0.6 is 0 Å². The van der Waals surface area contributed by atoms with Gasteiger partial charge in [0.05, 0.1) is 18.9 Å². The average molecular weight is 466 g/mol. The standard InChI is InChI=1S/C21H22F4N6O2/c1-12-15(13(2)31-20(26-12)28-19(29-31)21(23,24)25)4-6-18(32)27-14-3-5-17(16(22)11-14)30-7-9-33-10-8-30/h3,5,11H,4,6-10H2,1-2H3,(H,27,32). The van der Waals surface area contributed by atoms with Crippen LogP contribution in [0.4, 0.5) is 28.9 Å². The number of aryl methyl sites for hydroxylation is 2. The predicted molar refractivity (Wildman–Crippen MR) is 112 cm³/mol. The van der Waals surface area contributed by atoms with Crippen LogP contribution in [0, 0.1) is 19.7 Å². The highest BCUT2D eigenvalue weighted by Gasteiger charge is 2.37. The molecule has 2 aromatic heterocycles. The zero-order chi connectivity index (χ0) is 23.8. The second-order valence-electron chi connectivity index (χ2n) is 7.72. The molecule has 0 bridgehead atoms. The monoisotopic (exact) mass is 466 g/mol. The van der Waals surface area contributed by atoms with Crippen LogP contribution in [0.15, 0.2) is 18.2 Å². The van der Waals surface area contributed by atoms with Crippen LogP contribution in [-0.2, 0) is 22.1 Å². The van der Waals surface area contributed by atoms with Gasteiger partial charge in [0.2, 0.25) is 5.91 Å². The van der Waals surface area contributed by atoms with Crippen molar-refractivity contribution in [3.05, 3.63) is 46.8 Å². The molecule has 33 heavy (non-hydrogen) atoms. The van der Waals surface area contributed by atoms with Gasteiger partial charge in [0.15, 0.2) is 0 Å². The third-order valence-corrected chi connectivity index (χ3v) is 5.49. The number of benzene rings is 1. The number of rotatable bonds is 5. The molecule has 1 amide bonds. The van der Waals surface area contributed by atoms with Gasteiger partial charge in [-0.2, -0.15) is 18.2 Å². The van der Waals surface area contributed by atoms with Gasteiger partial charge in [0, 0.05) is 36.6 Å². The Hall–Kier alpha value is -3.28. The summed E-state index contributed by atoms with van der Waals surface area (Å²) in [6.45, 7) is 5.49. The maximum atomic E-state index is 14.5. The minimum atomic E-state index is -4.68. The molecule has 1 N–H and O–H groups in total. The minimum absolute atomic E-state index is 0.0303. The Morgan fingerprint density at radius 1 is 1.18 bits per heavy atom. The lowest BCUT2D eigenvalue weighted by Gasteiger charge is -2.29. The molecule has 1 aliphatic rings. The van der Waals surface area contributed by atoms with E-state index in [2.05, 4.69) is 20.4 Å². The van der Waals surface area contributed by atoms with Gasteiger partial charge in [-0.25, -0.2) is 13.9 Å². The Morgan fingerprint density at radius 2 is 1.91 bits per heavy atom. The molecule has 1 aromatic carbocycles. The molecule has 1 fully saturated rings. The summed E-state index contributed by atoms with van der Waals surface area (Å²) in [4.78, 5) is 21.9. The van der Waals surface area contributed by atoms with Crippen LogP contribution in [0.3, 0.4) is 0 Å². The fourth-order valence-electron chi connectivity index (χ4n) is 3.80. The Balaban J connectivity index is 1.44. The number of nitrogens with one attached hydrogen (secondary N) is 1. The number of halogens is 4. The SMILES string of the molecule is Cc1nc2nc(C(F)(F)F)nn2c(C)c1CCC(=O)Nc1ccc(N2CCOCC2)c(F)c1. The number of alkyl halides is 3. The van der Waals surface area contributed by atoms with E-state index in [1.165, 1.54) is 6.07 Å². The van der Waals surface area contributed by atoms with Crippen molar-refractivity contribution in [3.63, 3.8) is 0 Å². The zero-order valence-corrected chi connectivity index (χ0v) is 18.0. The summed E-state index contributed by atoms with van der Waals surface area (Å²) in [5.74, 6) is -2.22. The van der Waals surface area contributed by atoms with Gasteiger partial charge in [0.1, 0.15) is 5.82 Å². The molecule has 8 nitrogen and oxygen atoms in total. The van der Waals surface area contributed by atoms with Crippen molar-refractivity contribution >= 4 is 23.1 Å². The molecule has 176 valence electrons. The van der Waals surface area contributed by atoms with Crippen molar-refractivity contribution < 1.29 is 27.1 Å². The lowest BCUT2D eigenvalue weighted by molar-refractivity contribution is -0.144. The van der Waals surface area contributed by atoms with E-state index < -0.39 is 17.8 Å². The molecule has 1 aliphatic heterocycles. The summed E-state index contributed by atoms with van der Waals surface area (Å²) < 4.78 is 59.6. The number of carbonyl (C=O) groups excluding carboxylic acids is 1. The lowest BCUT2D eigenvalue weighted by Crippen LogP contribution is -2.36. The number of aromatic nitrogens is 4. The summed E-state index contributed by atoms with van der Waals surface area (Å²) in [5, 5.41) is 6.16. The first kappa shape index (κ1) is 22.9. The minimum Gasteiger partial charge on any atom is -0.378 e. The highest BCUT2D eigenvalue weighted by molar-refractivity contribution is 5.91. The van der Waals surface area contributed by atoms with Crippen molar-refractivity contribution in [1.29, 1.82) is 0 Å². The quantitative estimate of drug-likeness (QED) is 0.581. The Morgan fingerprint density at radius 3 is 2.58 bits per heavy atom. The predicted octanol–water partition coefficient (Wildman–Crippen LogP) is 3.31. The van der Waals surface area contributed by atoms with Gasteiger partial charge in [-0.15, -0.1) is 5.10 Å². The number of carbonyl (C=O) groups is 1. The maximum absolute atomic E-state index is 14.5. The summed E-state index contributed by atoms with van der Waals surface area (Å²) in [6.07, 6.45) is -4.43. The van der Waals surface area contributed by atoms with Crippen molar-refractivity contribution in [2.75, 3.05) is 36.5 Å². The number of hydrogen-bond acceptors (Lipinski definition) is 6. The van der Waals surface area contributed by atoms with Crippen molar-refractivity contribution in [2.24, 2.45) is 0 Å². The summed E-state index contributed by atoms with van der Waals surface area (Å²) in [7, 11) is 0. The van der Waals surface area contributed by atoms with E-state index in [-0.39, 0.29) is 24.5 Å². The fraction of sp³-hybridized carbons (Fsp3) is 0.429. The molecule has 3 aromatic rings. The van der Waals surface area contributed by atoms with Crippen LogP contribution in [0.25, 0.3) is 5.78 Å². The van der Waals surface area contributed by atoms with Gasteiger partial charge >= 0.3 is 6.18 Å². The van der Waals surface area contributed by atoms with Crippen molar-refractivity contribution in [3.8, 4) is 0 Å². The molecule has 0 unspecified atom stereocenters. The zero-order valence-electron chi connectivity index (χ0n) is 18.0. The third-order valence-electron chi connectivity index (χ3n) is 5.49. The number of ether oxygens (including phenoxy) is 1. The van der Waals surface area contributed by atoms with E-state index in [0.29, 0.717) is 54.6 Å². The van der Waals surface area contributed by atoms with E-state index in [1.54, 1.807) is 26.0 Å². The van der Waals surface area contributed by atoms with E-state index in [1.807, 2.05) is 4.90 Å². The average Bonchev–Trinajstić information content (AvgIpc) is 3.19. The molecule has 0 radical (unpaired) electrons. The summed E-state index contributed by atoms with van der Waals surface area (Å²) >= 11 is 0. The topological polar surface area (TPSA) is 84.6 Å². The van der Waals surface area contributed by atoms with E-state index in [9.17, 15) is 22.4 Å². The van der Waals surface area contributed by atoms with Gasteiger partial charge in [0.25, 0.3) is 11.6 Å². The Kier molecular flexibility index (Phi) is 6.19. The van der Waals surface area contributed by atoms with Crippen LogP contribution in [0.5, 0.6) is 0 Å². The van der Waals surface area contributed by atoms with Crippen LogP contribution in [-0.4, -0.2) is 51.8 Å². The lowest BCUT2D eigenvalue weighted by atomic mass is 10.1. The molecule has 12 heteroatoms. The summed E-state index contributed by atoms with van der Waals surface area (Å²) in [5.41, 5.74) is 2.27. The van der Waals surface area contributed by atoms with Gasteiger partial charge in [-0.05, 0) is 44.0 Å². The normalized spacial score (nSPS) is 14.7. The molecule has 0 spiro atoms. The first-order valence-electron chi connectivity index (χ1n) is 10.4. The fourth-order valence-corrected chi connectivity index (χ4v) is 3.80. The van der Waals surface area contributed by atoms with Crippen molar-refractivity contribution in [2.45, 2.75) is 32.9 Å². The van der Waals surface area contributed by atoms with E-state index >= 15 is 0 Å². The molecular weight excluding hydrogens is 444 g/mol. The van der Waals surface area contributed by atoms with Crippen molar-refractivity contribution in [1.82, 2.24) is 19.6 Å². The third kappa shape index (κ3) is 4.90. The first-order valence-corrected chi connectivity index (χ1v) is 10.4. The van der Waals surface area contributed by atoms with Gasteiger partial charge in [-0.3, -0.25) is 4.79 Å². The van der Waals surface area contributed by atoms with E-state index in [4.69, 9.17) is 4.74 Å². The summed E-state index contributed by atoms with van der Waals surface area (Å²) in [6, 6.07) is 4.51. The van der Waals surface area contributed by atoms with Gasteiger partial charge < -0.3 is 15.0 Å². The molecule has 1 saturated heterocycles. The highest BCUT2D eigenvalue weighted by atomic mass is 19.4. The first-order chi connectivity index (χ1) is 15.6.